The zero-order valence-electron chi connectivity index (χ0n) is 5.10. The molecule has 0 aliphatic rings. The van der Waals surface area contributed by atoms with Gasteiger partial charge in [-0.2, -0.15) is 12.6 Å². The van der Waals surface area contributed by atoms with Gasteiger partial charge in [0.05, 0.1) is 0 Å². The zero-order chi connectivity index (χ0) is 6.08. The van der Waals surface area contributed by atoms with Gasteiger partial charge < -0.3 is 5.73 Å². The lowest BCUT2D eigenvalue weighted by Gasteiger charge is -2.21. The second kappa shape index (κ2) is 2.05. The summed E-state index contributed by atoms with van der Waals surface area (Å²) in [5.41, 5.74) is 5.49. The molecule has 1 atom stereocenters. The first-order valence-electron chi connectivity index (χ1n) is 2.42. The highest BCUT2D eigenvalue weighted by Crippen LogP contribution is 2.14. The normalized spacial score (nSPS) is 16.7. The van der Waals surface area contributed by atoms with E-state index < -0.39 is 0 Å². The number of rotatable bonds is 1. The van der Waals surface area contributed by atoms with Crippen molar-refractivity contribution in [2.45, 2.75) is 31.6 Å². The Balaban J connectivity index is 3.54. The molecule has 0 saturated heterocycles. The molecule has 0 aromatic heterocycles. The van der Waals surface area contributed by atoms with E-state index in [1.54, 1.807) is 0 Å². The van der Waals surface area contributed by atoms with Gasteiger partial charge in [0.15, 0.2) is 0 Å². The van der Waals surface area contributed by atoms with Crippen LogP contribution in [0.1, 0.15) is 20.8 Å². The van der Waals surface area contributed by atoms with Crippen molar-refractivity contribution in [1.29, 1.82) is 0 Å². The third kappa shape index (κ3) is 2.94. The van der Waals surface area contributed by atoms with Gasteiger partial charge in [-0.1, -0.05) is 0 Å². The van der Waals surface area contributed by atoms with Crippen LogP contribution in [-0.4, -0.2) is 10.8 Å². The van der Waals surface area contributed by atoms with Crippen LogP contribution in [-0.2, 0) is 0 Å². The summed E-state index contributed by atoms with van der Waals surface area (Å²) in [6, 6.07) is 0.163. The molecule has 1 nitrogen and oxygen atoms in total. The SMILES string of the molecule is CC(N)C(C)(C)S. The Morgan fingerprint density at radius 3 is 1.71 bits per heavy atom. The van der Waals surface area contributed by atoms with E-state index >= 15 is 0 Å². The Morgan fingerprint density at radius 2 is 1.71 bits per heavy atom. The van der Waals surface area contributed by atoms with Crippen molar-refractivity contribution in [1.82, 2.24) is 0 Å². The summed E-state index contributed by atoms with van der Waals surface area (Å²) in [6.07, 6.45) is 0. The van der Waals surface area contributed by atoms with Crippen molar-refractivity contribution < 1.29 is 0 Å². The lowest BCUT2D eigenvalue weighted by molar-refractivity contribution is 0.582. The largest absolute Gasteiger partial charge is 0.327 e. The molecule has 0 rings (SSSR count). The molecule has 0 saturated carbocycles. The molecule has 0 amide bonds. The Hall–Kier alpha value is 0.310. The van der Waals surface area contributed by atoms with Crippen LogP contribution in [0.4, 0.5) is 0 Å². The minimum Gasteiger partial charge on any atom is -0.327 e. The fraction of sp³-hybridized carbons (Fsp3) is 1.00. The van der Waals surface area contributed by atoms with Crippen LogP contribution < -0.4 is 5.73 Å². The maximum atomic E-state index is 5.49. The molecular weight excluding hydrogens is 106 g/mol. The van der Waals surface area contributed by atoms with Gasteiger partial charge in [-0.15, -0.1) is 0 Å². The number of thiol groups is 1. The summed E-state index contributed by atoms with van der Waals surface area (Å²) in [4.78, 5) is 0. The first kappa shape index (κ1) is 7.31. The van der Waals surface area contributed by atoms with Gasteiger partial charge in [0.25, 0.3) is 0 Å². The van der Waals surface area contributed by atoms with E-state index in [2.05, 4.69) is 12.6 Å². The van der Waals surface area contributed by atoms with Crippen molar-refractivity contribution in [3.05, 3.63) is 0 Å². The van der Waals surface area contributed by atoms with Gasteiger partial charge in [-0.25, -0.2) is 0 Å². The molecule has 7 heavy (non-hydrogen) atoms. The minimum absolute atomic E-state index is 0.0278. The van der Waals surface area contributed by atoms with E-state index in [-0.39, 0.29) is 10.8 Å². The minimum atomic E-state index is -0.0278. The summed E-state index contributed by atoms with van der Waals surface area (Å²) in [5, 5.41) is 0. The summed E-state index contributed by atoms with van der Waals surface area (Å²) in [6.45, 7) is 5.95. The van der Waals surface area contributed by atoms with Gasteiger partial charge in [-0.05, 0) is 20.8 Å². The predicted molar refractivity (Wildman–Crippen MR) is 36.7 cm³/mol. The van der Waals surface area contributed by atoms with E-state index in [1.807, 2.05) is 20.8 Å². The average Bonchev–Trinajstić information content (AvgIpc) is 1.31. The maximum Gasteiger partial charge on any atom is 0.0221 e. The van der Waals surface area contributed by atoms with Crippen LogP contribution in [0.15, 0.2) is 0 Å². The van der Waals surface area contributed by atoms with Gasteiger partial charge in [0, 0.05) is 10.8 Å². The van der Waals surface area contributed by atoms with Crippen LogP contribution >= 0.6 is 12.6 Å². The Bertz CT molecular complexity index is 53.6. The number of nitrogens with two attached hydrogens (primary N) is 1. The van der Waals surface area contributed by atoms with Crippen molar-refractivity contribution in [2.75, 3.05) is 0 Å². The molecule has 0 aromatic carbocycles. The molecule has 0 aliphatic heterocycles. The van der Waals surface area contributed by atoms with E-state index in [1.165, 1.54) is 0 Å². The topological polar surface area (TPSA) is 26.0 Å². The van der Waals surface area contributed by atoms with E-state index in [0.717, 1.165) is 0 Å². The molecule has 0 aliphatic carbocycles. The molecule has 0 radical (unpaired) electrons. The summed E-state index contributed by atoms with van der Waals surface area (Å²) >= 11 is 4.22. The van der Waals surface area contributed by atoms with Crippen LogP contribution in [0, 0.1) is 0 Å². The number of hydrogen-bond acceptors (Lipinski definition) is 2. The van der Waals surface area contributed by atoms with Crippen molar-refractivity contribution in [3.8, 4) is 0 Å². The average molecular weight is 119 g/mol. The summed E-state index contributed by atoms with van der Waals surface area (Å²) < 4.78 is -0.0278. The van der Waals surface area contributed by atoms with E-state index in [9.17, 15) is 0 Å². The lowest BCUT2D eigenvalue weighted by atomic mass is 10.1. The van der Waals surface area contributed by atoms with Gasteiger partial charge in [0.1, 0.15) is 0 Å². The highest BCUT2D eigenvalue weighted by atomic mass is 32.1. The van der Waals surface area contributed by atoms with Gasteiger partial charge >= 0.3 is 0 Å². The molecule has 2 heteroatoms. The van der Waals surface area contributed by atoms with Gasteiger partial charge in [-0.3, -0.25) is 0 Å². The van der Waals surface area contributed by atoms with Crippen molar-refractivity contribution >= 4 is 12.6 Å². The first-order valence-corrected chi connectivity index (χ1v) is 2.87. The van der Waals surface area contributed by atoms with Crippen molar-refractivity contribution in [3.63, 3.8) is 0 Å². The Kier molecular flexibility index (Phi) is 2.14. The molecule has 0 spiro atoms. The monoisotopic (exact) mass is 119 g/mol. The predicted octanol–water partition coefficient (Wildman–Crippen LogP) is 1.04. The van der Waals surface area contributed by atoms with E-state index in [4.69, 9.17) is 5.73 Å². The summed E-state index contributed by atoms with van der Waals surface area (Å²) in [5.74, 6) is 0. The van der Waals surface area contributed by atoms with Crippen LogP contribution in [0.2, 0.25) is 0 Å². The highest BCUT2D eigenvalue weighted by Gasteiger charge is 2.15. The molecule has 1 unspecified atom stereocenters. The standard InChI is InChI=1S/C5H13NS/c1-4(6)5(2,3)7/h4,7H,6H2,1-3H3. The molecule has 0 heterocycles. The van der Waals surface area contributed by atoms with Crippen LogP contribution in [0.25, 0.3) is 0 Å². The molecule has 0 aromatic rings. The summed E-state index contributed by atoms with van der Waals surface area (Å²) in [7, 11) is 0. The number of hydrogen-bond donors (Lipinski definition) is 2. The smallest absolute Gasteiger partial charge is 0.0221 e. The first-order chi connectivity index (χ1) is 2.94. The fourth-order valence-electron chi connectivity index (χ4n) is 0. The maximum absolute atomic E-state index is 5.49. The second-order valence-corrected chi connectivity index (χ2v) is 3.59. The quantitative estimate of drug-likeness (QED) is 0.496. The molecule has 44 valence electrons. The Morgan fingerprint density at radius 1 is 1.57 bits per heavy atom. The lowest BCUT2D eigenvalue weighted by Crippen LogP contribution is -2.35. The zero-order valence-corrected chi connectivity index (χ0v) is 6.00. The van der Waals surface area contributed by atoms with E-state index in [0.29, 0.717) is 0 Å². The third-order valence-corrected chi connectivity index (χ3v) is 1.52. The molecule has 0 bridgehead atoms. The fourth-order valence-corrected chi connectivity index (χ4v) is 0. The Labute approximate surface area is 50.7 Å². The molecule has 0 fully saturated rings. The van der Waals surface area contributed by atoms with Crippen LogP contribution in [0.3, 0.4) is 0 Å². The second-order valence-electron chi connectivity index (χ2n) is 2.44. The third-order valence-electron chi connectivity index (χ3n) is 1.11. The van der Waals surface area contributed by atoms with Crippen molar-refractivity contribution in [2.24, 2.45) is 5.73 Å². The molecular formula is C5H13NS. The van der Waals surface area contributed by atoms with Gasteiger partial charge in [0.2, 0.25) is 0 Å². The highest BCUT2D eigenvalue weighted by molar-refractivity contribution is 7.81. The van der Waals surface area contributed by atoms with Crippen LogP contribution in [0.5, 0.6) is 0 Å². The molecule has 2 N–H and O–H groups in total.